The van der Waals surface area contributed by atoms with E-state index in [1.54, 1.807) is 0 Å². The van der Waals surface area contributed by atoms with Crippen molar-refractivity contribution >= 4 is 17.0 Å². The van der Waals surface area contributed by atoms with Gasteiger partial charge in [-0.1, -0.05) is 0 Å². The molecule has 1 saturated heterocycles. The Balaban J connectivity index is 2.01. The molecule has 22 heavy (non-hydrogen) atoms. The van der Waals surface area contributed by atoms with E-state index in [0.717, 1.165) is 0 Å². The molecule has 1 fully saturated rings. The highest BCUT2D eigenvalue weighted by Crippen LogP contribution is 2.35. The second-order valence-electron chi connectivity index (χ2n) is 4.87. The maximum atomic E-state index is 14.6. The van der Waals surface area contributed by atoms with Gasteiger partial charge >= 0.3 is 6.08 Å². The average molecular weight is 315 g/mol. The van der Waals surface area contributed by atoms with Crippen LogP contribution in [0.4, 0.5) is 14.6 Å². The molecule has 3 heterocycles. The molecule has 3 rings (SSSR count). The topological polar surface area (TPSA) is 97.3 Å². The summed E-state index contributed by atoms with van der Waals surface area (Å²) in [7, 11) is 2.87. The highest BCUT2D eigenvalue weighted by molar-refractivity contribution is 5.81. The molecule has 4 atom stereocenters. The van der Waals surface area contributed by atoms with Crippen LogP contribution < -0.4 is 5.73 Å². The van der Waals surface area contributed by atoms with E-state index in [1.165, 1.54) is 25.1 Å². The molecule has 0 amide bonds. The van der Waals surface area contributed by atoms with Crippen molar-refractivity contribution in [3.8, 4) is 0 Å². The van der Waals surface area contributed by atoms with Gasteiger partial charge in [0, 0.05) is 14.2 Å². The smallest absolute Gasteiger partial charge is 0.312 e. The molecule has 2 N–H and O–H groups in total. The minimum absolute atomic E-state index is 0.0607. The zero-order valence-corrected chi connectivity index (χ0v) is 11.9. The van der Waals surface area contributed by atoms with Gasteiger partial charge in [-0.25, -0.2) is 9.37 Å². The van der Waals surface area contributed by atoms with Gasteiger partial charge in [0.15, 0.2) is 29.4 Å². The van der Waals surface area contributed by atoms with E-state index in [0.29, 0.717) is 0 Å². The number of ether oxygens (including phenoxy) is 3. The second-order valence-corrected chi connectivity index (χ2v) is 4.87. The van der Waals surface area contributed by atoms with E-state index in [-0.39, 0.29) is 23.6 Å². The number of alkyl halides is 1. The van der Waals surface area contributed by atoms with Crippen molar-refractivity contribution in [2.24, 2.45) is 0 Å². The molecule has 0 radical (unpaired) electrons. The summed E-state index contributed by atoms with van der Waals surface area (Å²) >= 11 is 0. The quantitative estimate of drug-likeness (QED) is 0.818. The van der Waals surface area contributed by atoms with Crippen LogP contribution in [-0.2, 0) is 14.2 Å². The summed E-state index contributed by atoms with van der Waals surface area (Å²) in [5.41, 5.74) is 5.83. The Morgan fingerprint density at radius 1 is 1.41 bits per heavy atom. The number of imidazole rings is 1. The minimum atomic E-state index is -1.50. The number of hydrogen-bond donors (Lipinski definition) is 1. The monoisotopic (exact) mass is 315 g/mol. The molecule has 1 aliphatic heterocycles. The maximum absolute atomic E-state index is 14.6. The van der Waals surface area contributed by atoms with E-state index in [4.69, 9.17) is 19.9 Å². The number of nitrogens with zero attached hydrogens (tertiary/aromatic N) is 4. The Labute approximate surface area is 124 Å². The second kappa shape index (κ2) is 5.71. The summed E-state index contributed by atoms with van der Waals surface area (Å²) in [4.78, 5) is 11.0. The fourth-order valence-corrected chi connectivity index (χ4v) is 2.60. The standard InChI is InChI=1S/C12H15F2N5O3/c1-20-3-5-8(21-2)6(13)11(22-5)19-4-16-7-9(15)17-12(14)18-10(7)19/h4-6,8,11H,3H2,1-2H3,(H2,15,17,18)/t5-,6+,8?,11-/m1/s1. The Kier molecular flexibility index (Phi) is 3.89. The first-order chi connectivity index (χ1) is 10.6. The van der Waals surface area contributed by atoms with E-state index >= 15 is 0 Å². The molecular weight excluding hydrogens is 300 g/mol. The zero-order chi connectivity index (χ0) is 15.9. The Bertz CT molecular complexity index is 682. The number of nitrogens with two attached hydrogens (primary N) is 1. The number of fused-ring (bicyclic) bond motifs is 1. The van der Waals surface area contributed by atoms with Crippen LogP contribution in [0.25, 0.3) is 11.2 Å². The predicted molar refractivity (Wildman–Crippen MR) is 71.2 cm³/mol. The van der Waals surface area contributed by atoms with Crippen LogP contribution in [0.15, 0.2) is 6.33 Å². The van der Waals surface area contributed by atoms with Crippen LogP contribution in [0, 0.1) is 6.08 Å². The molecule has 0 spiro atoms. The van der Waals surface area contributed by atoms with Gasteiger partial charge in [0.2, 0.25) is 0 Å². The van der Waals surface area contributed by atoms with Crippen molar-refractivity contribution < 1.29 is 23.0 Å². The summed E-state index contributed by atoms with van der Waals surface area (Å²) in [5.74, 6) is -0.119. The molecule has 0 aromatic carbocycles. The predicted octanol–water partition coefficient (Wildman–Crippen LogP) is 0.444. The average Bonchev–Trinajstić information content (AvgIpc) is 3.01. The first-order valence-electron chi connectivity index (χ1n) is 6.53. The lowest BCUT2D eigenvalue weighted by atomic mass is 10.1. The van der Waals surface area contributed by atoms with E-state index in [1.807, 2.05) is 0 Å². The number of hydrogen-bond acceptors (Lipinski definition) is 7. The zero-order valence-electron chi connectivity index (χ0n) is 11.9. The third kappa shape index (κ3) is 2.28. The van der Waals surface area contributed by atoms with Crippen LogP contribution in [0.5, 0.6) is 0 Å². The Morgan fingerprint density at radius 3 is 2.86 bits per heavy atom. The lowest BCUT2D eigenvalue weighted by molar-refractivity contribution is -0.0602. The van der Waals surface area contributed by atoms with Gasteiger partial charge in [0.25, 0.3) is 0 Å². The molecule has 0 aliphatic carbocycles. The molecule has 2 aromatic rings. The van der Waals surface area contributed by atoms with Gasteiger partial charge in [-0.2, -0.15) is 14.4 Å². The fourth-order valence-electron chi connectivity index (χ4n) is 2.60. The van der Waals surface area contributed by atoms with E-state index in [9.17, 15) is 8.78 Å². The van der Waals surface area contributed by atoms with Gasteiger partial charge < -0.3 is 19.9 Å². The SMILES string of the molecule is COC[C@H]1O[C@@H](n2cnc3c(N)nc(F)nc32)[C@@H](F)C1OC. The maximum Gasteiger partial charge on any atom is 0.312 e. The lowest BCUT2D eigenvalue weighted by Gasteiger charge is -2.16. The number of aromatic nitrogens is 4. The number of anilines is 1. The third-order valence-corrected chi connectivity index (χ3v) is 3.57. The summed E-state index contributed by atoms with van der Waals surface area (Å²) in [5, 5.41) is 0. The number of nitrogen functional groups attached to an aromatic ring is 1. The number of methoxy groups -OCH3 is 2. The highest BCUT2D eigenvalue weighted by atomic mass is 19.1. The van der Waals surface area contributed by atoms with Gasteiger partial charge in [0.1, 0.15) is 12.2 Å². The molecule has 1 unspecified atom stereocenters. The third-order valence-electron chi connectivity index (χ3n) is 3.57. The van der Waals surface area contributed by atoms with E-state index in [2.05, 4.69) is 15.0 Å². The summed E-state index contributed by atoms with van der Waals surface area (Å²) in [6.07, 6.45) is -3.71. The molecule has 0 bridgehead atoms. The molecule has 8 nitrogen and oxygen atoms in total. The van der Waals surface area contributed by atoms with Gasteiger partial charge in [0.05, 0.1) is 12.9 Å². The fraction of sp³-hybridized carbons (Fsp3) is 0.583. The van der Waals surface area contributed by atoms with Crippen LogP contribution in [0.3, 0.4) is 0 Å². The summed E-state index contributed by atoms with van der Waals surface area (Å²) < 4.78 is 45.0. The first kappa shape index (κ1) is 15.0. The molecule has 1 aliphatic rings. The van der Waals surface area contributed by atoms with Crippen LogP contribution in [0.1, 0.15) is 6.23 Å². The van der Waals surface area contributed by atoms with Crippen LogP contribution in [0.2, 0.25) is 0 Å². The Morgan fingerprint density at radius 2 is 2.18 bits per heavy atom. The lowest BCUT2D eigenvalue weighted by Crippen LogP contribution is -2.33. The largest absolute Gasteiger partial charge is 0.382 e. The van der Waals surface area contributed by atoms with Crippen LogP contribution >= 0.6 is 0 Å². The first-order valence-corrected chi connectivity index (χ1v) is 6.53. The van der Waals surface area contributed by atoms with Crippen molar-refractivity contribution in [1.29, 1.82) is 0 Å². The van der Waals surface area contributed by atoms with Crippen molar-refractivity contribution in [2.45, 2.75) is 24.6 Å². The number of rotatable bonds is 4. The van der Waals surface area contributed by atoms with Gasteiger partial charge in [-0.3, -0.25) is 4.57 Å². The Hall–Kier alpha value is -1.91. The molecule has 120 valence electrons. The van der Waals surface area contributed by atoms with Gasteiger partial charge in [-0.15, -0.1) is 0 Å². The van der Waals surface area contributed by atoms with Crippen molar-refractivity contribution in [3.63, 3.8) is 0 Å². The number of halogens is 2. The normalized spacial score (nSPS) is 28.5. The van der Waals surface area contributed by atoms with Crippen molar-refractivity contribution in [3.05, 3.63) is 12.4 Å². The van der Waals surface area contributed by atoms with Crippen molar-refractivity contribution in [2.75, 3.05) is 26.6 Å². The van der Waals surface area contributed by atoms with E-state index < -0.39 is 30.7 Å². The minimum Gasteiger partial charge on any atom is -0.382 e. The van der Waals surface area contributed by atoms with Crippen molar-refractivity contribution in [1.82, 2.24) is 19.5 Å². The summed E-state index contributed by atoms with van der Waals surface area (Å²) in [6.45, 7) is 0.160. The molecule has 2 aromatic heterocycles. The summed E-state index contributed by atoms with van der Waals surface area (Å²) in [6, 6.07) is 0. The molecular formula is C12H15F2N5O3. The molecule has 10 heteroatoms. The van der Waals surface area contributed by atoms with Gasteiger partial charge in [-0.05, 0) is 0 Å². The highest BCUT2D eigenvalue weighted by Gasteiger charge is 2.47. The molecule has 0 saturated carbocycles. The van der Waals surface area contributed by atoms with Crippen LogP contribution in [-0.4, -0.2) is 58.7 Å².